The van der Waals surface area contributed by atoms with Gasteiger partial charge in [-0.3, -0.25) is 4.79 Å². The van der Waals surface area contributed by atoms with Gasteiger partial charge in [0, 0.05) is 45.5 Å². The molecule has 1 aromatic carbocycles. The van der Waals surface area contributed by atoms with Crippen LogP contribution in [0.3, 0.4) is 0 Å². The maximum absolute atomic E-state index is 12.0. The first kappa shape index (κ1) is 18.0. The Morgan fingerprint density at radius 3 is 2.70 bits per heavy atom. The third kappa shape index (κ3) is 3.56. The Labute approximate surface area is 164 Å². The molecule has 0 aliphatic heterocycles. The Balaban J connectivity index is 1.61. The maximum Gasteiger partial charge on any atom is 0.227 e. The standard InChI is InChI=1S/C22H25N3OS/c1-13(2)25-14(3)10-19(15(25)4)20-12-27-22(24-20)17-6-5-7-18(11-17)23-21(26)16-8-9-16/h5-7,10-13,16H,8-9H2,1-4H3,(H,23,26). The summed E-state index contributed by atoms with van der Waals surface area (Å²) >= 11 is 1.64. The van der Waals surface area contributed by atoms with Crippen molar-refractivity contribution in [2.24, 2.45) is 5.92 Å². The highest BCUT2D eigenvalue weighted by Gasteiger charge is 2.29. The number of carbonyl (C=O) groups excluding carboxylic acids is 1. The fraction of sp³-hybridized carbons (Fsp3) is 0.364. The highest BCUT2D eigenvalue weighted by molar-refractivity contribution is 7.13. The smallest absolute Gasteiger partial charge is 0.227 e. The van der Waals surface area contributed by atoms with Crippen molar-refractivity contribution in [2.45, 2.75) is 46.6 Å². The van der Waals surface area contributed by atoms with Crippen molar-refractivity contribution in [3.63, 3.8) is 0 Å². The molecule has 0 atom stereocenters. The quantitative estimate of drug-likeness (QED) is 0.607. The zero-order chi connectivity index (χ0) is 19.1. The summed E-state index contributed by atoms with van der Waals surface area (Å²) < 4.78 is 2.35. The predicted molar refractivity (Wildman–Crippen MR) is 112 cm³/mol. The first-order valence-electron chi connectivity index (χ1n) is 9.49. The van der Waals surface area contributed by atoms with E-state index in [4.69, 9.17) is 4.98 Å². The number of hydrogen-bond donors (Lipinski definition) is 1. The Bertz CT molecular complexity index is 995. The Hall–Kier alpha value is -2.40. The summed E-state index contributed by atoms with van der Waals surface area (Å²) in [5, 5.41) is 6.12. The number of carbonyl (C=O) groups is 1. The van der Waals surface area contributed by atoms with Crippen molar-refractivity contribution >= 4 is 22.9 Å². The maximum atomic E-state index is 12.0. The summed E-state index contributed by atoms with van der Waals surface area (Å²) in [5.41, 5.74) is 6.61. The molecule has 4 nitrogen and oxygen atoms in total. The number of benzene rings is 1. The van der Waals surface area contributed by atoms with E-state index in [0.717, 1.165) is 34.8 Å². The molecule has 2 aromatic heterocycles. The van der Waals surface area contributed by atoms with E-state index < -0.39 is 0 Å². The average molecular weight is 380 g/mol. The molecule has 0 bridgehead atoms. The lowest BCUT2D eigenvalue weighted by molar-refractivity contribution is -0.117. The third-order valence-corrected chi connectivity index (χ3v) is 6.00. The lowest BCUT2D eigenvalue weighted by Crippen LogP contribution is -2.13. The molecule has 0 spiro atoms. The summed E-state index contributed by atoms with van der Waals surface area (Å²) in [6.07, 6.45) is 2.02. The van der Waals surface area contributed by atoms with Crippen molar-refractivity contribution in [1.29, 1.82) is 0 Å². The van der Waals surface area contributed by atoms with E-state index in [9.17, 15) is 4.79 Å². The molecule has 5 heteroatoms. The molecular weight excluding hydrogens is 354 g/mol. The highest BCUT2D eigenvalue weighted by atomic mass is 32.1. The fourth-order valence-electron chi connectivity index (χ4n) is 3.68. The van der Waals surface area contributed by atoms with Crippen LogP contribution in [0.25, 0.3) is 21.8 Å². The second-order valence-corrected chi connectivity index (χ2v) is 8.49. The minimum absolute atomic E-state index is 0.133. The molecular formula is C22H25N3OS. The van der Waals surface area contributed by atoms with Crippen molar-refractivity contribution in [3.05, 3.63) is 47.1 Å². The molecule has 3 aromatic rings. The molecule has 1 aliphatic rings. The van der Waals surface area contributed by atoms with Gasteiger partial charge in [-0.15, -0.1) is 11.3 Å². The molecule has 27 heavy (non-hydrogen) atoms. The minimum Gasteiger partial charge on any atom is -0.346 e. The van der Waals surface area contributed by atoms with E-state index in [1.165, 1.54) is 17.0 Å². The fourth-order valence-corrected chi connectivity index (χ4v) is 4.50. The van der Waals surface area contributed by atoms with Gasteiger partial charge in [0.1, 0.15) is 5.01 Å². The highest BCUT2D eigenvalue weighted by Crippen LogP contribution is 2.34. The Kier molecular flexibility index (Phi) is 4.64. The predicted octanol–water partition coefficient (Wildman–Crippen LogP) is 5.82. The summed E-state index contributed by atoms with van der Waals surface area (Å²) in [5.74, 6) is 0.337. The van der Waals surface area contributed by atoms with Gasteiger partial charge in [-0.05, 0) is 58.7 Å². The molecule has 140 valence electrons. The van der Waals surface area contributed by atoms with Gasteiger partial charge in [0.25, 0.3) is 0 Å². The average Bonchev–Trinajstić information content (AvgIpc) is 3.29. The van der Waals surface area contributed by atoms with E-state index in [-0.39, 0.29) is 11.8 Å². The van der Waals surface area contributed by atoms with E-state index in [1.54, 1.807) is 11.3 Å². The molecule has 1 amide bonds. The van der Waals surface area contributed by atoms with E-state index in [2.05, 4.69) is 49.0 Å². The van der Waals surface area contributed by atoms with Crippen molar-refractivity contribution < 1.29 is 4.79 Å². The molecule has 0 saturated heterocycles. The first-order chi connectivity index (χ1) is 12.9. The topological polar surface area (TPSA) is 46.9 Å². The van der Waals surface area contributed by atoms with Crippen LogP contribution in [0.15, 0.2) is 35.7 Å². The molecule has 1 aliphatic carbocycles. The Morgan fingerprint density at radius 2 is 2.04 bits per heavy atom. The summed E-state index contributed by atoms with van der Waals surface area (Å²) in [7, 11) is 0. The van der Waals surface area contributed by atoms with Crippen LogP contribution in [0, 0.1) is 19.8 Å². The van der Waals surface area contributed by atoms with Gasteiger partial charge in [-0.2, -0.15) is 0 Å². The zero-order valence-corrected chi connectivity index (χ0v) is 17.1. The van der Waals surface area contributed by atoms with Gasteiger partial charge in [0.2, 0.25) is 5.91 Å². The Morgan fingerprint density at radius 1 is 1.26 bits per heavy atom. The molecule has 1 N–H and O–H groups in total. The summed E-state index contributed by atoms with van der Waals surface area (Å²) in [6.45, 7) is 8.72. The molecule has 1 fully saturated rings. The number of rotatable bonds is 5. The second-order valence-electron chi connectivity index (χ2n) is 7.63. The van der Waals surface area contributed by atoms with E-state index >= 15 is 0 Å². The van der Waals surface area contributed by atoms with Gasteiger partial charge >= 0.3 is 0 Å². The van der Waals surface area contributed by atoms with Crippen molar-refractivity contribution in [3.8, 4) is 21.8 Å². The monoisotopic (exact) mass is 379 g/mol. The van der Waals surface area contributed by atoms with Crippen LogP contribution in [0.1, 0.15) is 44.1 Å². The van der Waals surface area contributed by atoms with Crippen LogP contribution >= 0.6 is 11.3 Å². The first-order valence-corrected chi connectivity index (χ1v) is 10.4. The van der Waals surface area contributed by atoms with Crippen LogP contribution in [-0.2, 0) is 4.79 Å². The molecule has 4 rings (SSSR count). The van der Waals surface area contributed by atoms with Crippen molar-refractivity contribution in [2.75, 3.05) is 5.32 Å². The molecule has 1 saturated carbocycles. The lowest BCUT2D eigenvalue weighted by atomic mass is 10.2. The van der Waals surface area contributed by atoms with Gasteiger partial charge in [-0.1, -0.05) is 12.1 Å². The number of nitrogens with zero attached hydrogens (tertiary/aromatic N) is 2. The molecule has 0 unspecified atom stereocenters. The van der Waals surface area contributed by atoms with Crippen LogP contribution < -0.4 is 5.32 Å². The van der Waals surface area contributed by atoms with Gasteiger partial charge < -0.3 is 9.88 Å². The largest absolute Gasteiger partial charge is 0.346 e. The van der Waals surface area contributed by atoms with Gasteiger partial charge in [-0.25, -0.2) is 4.98 Å². The summed E-state index contributed by atoms with van der Waals surface area (Å²) in [4.78, 5) is 16.9. The third-order valence-electron chi connectivity index (χ3n) is 5.11. The number of nitrogens with one attached hydrogen (secondary N) is 1. The number of amides is 1. The van der Waals surface area contributed by atoms with Crippen LogP contribution in [0.5, 0.6) is 0 Å². The molecule has 2 heterocycles. The minimum atomic E-state index is 0.133. The second kappa shape index (κ2) is 6.97. The normalized spacial score (nSPS) is 14.0. The lowest BCUT2D eigenvalue weighted by Gasteiger charge is -2.13. The van der Waals surface area contributed by atoms with Crippen LogP contribution in [0.2, 0.25) is 0 Å². The van der Waals surface area contributed by atoms with E-state index in [0.29, 0.717) is 6.04 Å². The number of anilines is 1. The number of aryl methyl sites for hydroxylation is 1. The zero-order valence-electron chi connectivity index (χ0n) is 16.2. The SMILES string of the molecule is Cc1cc(-c2csc(-c3cccc(NC(=O)C4CC4)c3)n2)c(C)n1C(C)C. The van der Waals surface area contributed by atoms with Gasteiger partial charge in [0.15, 0.2) is 0 Å². The van der Waals surface area contributed by atoms with Crippen molar-refractivity contribution in [1.82, 2.24) is 9.55 Å². The van der Waals surface area contributed by atoms with Gasteiger partial charge in [0.05, 0.1) is 5.69 Å². The number of hydrogen-bond acceptors (Lipinski definition) is 3. The number of thiazole rings is 1. The van der Waals surface area contributed by atoms with Crippen LogP contribution in [-0.4, -0.2) is 15.5 Å². The van der Waals surface area contributed by atoms with Crippen LogP contribution in [0.4, 0.5) is 5.69 Å². The number of aromatic nitrogens is 2. The summed E-state index contributed by atoms with van der Waals surface area (Å²) in [6, 6.07) is 10.6. The molecule has 0 radical (unpaired) electrons. The van der Waals surface area contributed by atoms with E-state index in [1.807, 2.05) is 24.3 Å².